The van der Waals surface area contributed by atoms with E-state index in [0.717, 1.165) is 11.3 Å². The molecule has 0 saturated heterocycles. The first-order valence-corrected chi connectivity index (χ1v) is 6.66. The average Bonchev–Trinajstić information content (AvgIpc) is 2.48. The quantitative estimate of drug-likeness (QED) is 0.827. The maximum Gasteiger partial charge on any atom is 0.270 e. The van der Waals surface area contributed by atoms with Crippen LogP contribution in [0.15, 0.2) is 43.1 Å². The molecule has 0 fully saturated rings. The largest absolute Gasteiger partial charge is 0.347 e. The Morgan fingerprint density at radius 3 is 2.86 bits per heavy atom. The molecule has 0 aliphatic heterocycles. The third-order valence-electron chi connectivity index (χ3n) is 2.92. The number of nitrogens with zero attached hydrogens (tertiary/aromatic N) is 2. The number of benzene rings is 1. The van der Waals surface area contributed by atoms with Gasteiger partial charge < -0.3 is 10.6 Å². The Labute approximate surface area is 124 Å². The number of aromatic nitrogens is 2. The second-order valence-corrected chi connectivity index (χ2v) is 4.71. The Bertz CT molecular complexity index is 667. The monoisotopic (exact) mass is 282 g/mol. The van der Waals surface area contributed by atoms with E-state index in [1.54, 1.807) is 18.3 Å². The number of anilines is 2. The molecule has 0 atom stereocenters. The van der Waals surface area contributed by atoms with Gasteiger partial charge in [0.25, 0.3) is 5.91 Å². The third kappa shape index (κ3) is 3.89. The van der Waals surface area contributed by atoms with Gasteiger partial charge in [-0.15, -0.1) is 6.58 Å². The molecule has 1 aromatic heterocycles. The summed E-state index contributed by atoms with van der Waals surface area (Å²) in [6.45, 7) is 8.01. The first-order valence-electron chi connectivity index (χ1n) is 6.66. The topological polar surface area (TPSA) is 66.9 Å². The van der Waals surface area contributed by atoms with Crippen LogP contribution in [-0.2, 0) is 0 Å². The second kappa shape index (κ2) is 6.65. The molecule has 0 spiro atoms. The van der Waals surface area contributed by atoms with Crippen LogP contribution in [-0.4, -0.2) is 22.4 Å². The number of amides is 1. The first kappa shape index (κ1) is 14.7. The molecule has 5 nitrogen and oxygen atoms in total. The van der Waals surface area contributed by atoms with Crippen molar-refractivity contribution in [3.63, 3.8) is 0 Å². The highest BCUT2D eigenvalue weighted by Crippen LogP contribution is 2.19. The number of hydrogen-bond donors (Lipinski definition) is 2. The van der Waals surface area contributed by atoms with Crippen molar-refractivity contribution in [2.45, 2.75) is 13.8 Å². The molecule has 0 bridgehead atoms. The van der Waals surface area contributed by atoms with Gasteiger partial charge in [-0.25, -0.2) is 9.97 Å². The van der Waals surface area contributed by atoms with Crippen LogP contribution in [0.5, 0.6) is 0 Å². The highest BCUT2D eigenvalue weighted by Gasteiger charge is 2.08. The van der Waals surface area contributed by atoms with Gasteiger partial charge >= 0.3 is 0 Å². The molecule has 108 valence electrons. The van der Waals surface area contributed by atoms with E-state index in [0.29, 0.717) is 18.2 Å². The van der Waals surface area contributed by atoms with Crippen molar-refractivity contribution in [3.05, 3.63) is 59.9 Å². The molecule has 2 N–H and O–H groups in total. The second-order valence-electron chi connectivity index (χ2n) is 4.71. The molecule has 2 rings (SSSR count). The molecular weight excluding hydrogens is 264 g/mol. The standard InChI is InChI=1S/C16H18N4O/c1-4-8-17-15(21)14-7-9-18-16(20-14)19-13-6-5-11(2)10-12(13)3/h4-7,9-10H,1,8H2,2-3H3,(H,17,21)(H,18,19,20). The summed E-state index contributed by atoms with van der Waals surface area (Å²) in [5.74, 6) is 0.147. The van der Waals surface area contributed by atoms with Crippen LogP contribution in [0.3, 0.4) is 0 Å². The molecule has 5 heteroatoms. The molecule has 1 amide bonds. The Balaban J connectivity index is 2.17. The zero-order valence-electron chi connectivity index (χ0n) is 12.2. The van der Waals surface area contributed by atoms with Crippen molar-refractivity contribution in [1.82, 2.24) is 15.3 Å². The van der Waals surface area contributed by atoms with E-state index in [1.807, 2.05) is 26.0 Å². The van der Waals surface area contributed by atoms with Gasteiger partial charge in [-0.1, -0.05) is 23.8 Å². The fourth-order valence-electron chi connectivity index (χ4n) is 1.88. The average molecular weight is 282 g/mol. The van der Waals surface area contributed by atoms with Crippen LogP contribution in [0.4, 0.5) is 11.6 Å². The molecule has 2 aromatic rings. The maximum absolute atomic E-state index is 11.8. The van der Waals surface area contributed by atoms with Gasteiger partial charge in [-0.2, -0.15) is 0 Å². The van der Waals surface area contributed by atoms with Crippen molar-refractivity contribution in [2.24, 2.45) is 0 Å². The van der Waals surface area contributed by atoms with Crippen molar-refractivity contribution in [1.29, 1.82) is 0 Å². The lowest BCUT2D eigenvalue weighted by Gasteiger charge is -2.09. The van der Waals surface area contributed by atoms with E-state index < -0.39 is 0 Å². The van der Waals surface area contributed by atoms with Gasteiger partial charge in [0, 0.05) is 18.4 Å². The molecule has 0 aliphatic rings. The Kier molecular flexibility index (Phi) is 4.66. The molecule has 0 unspecified atom stereocenters. The summed E-state index contributed by atoms with van der Waals surface area (Å²) in [5.41, 5.74) is 3.53. The summed E-state index contributed by atoms with van der Waals surface area (Å²) in [5, 5.41) is 5.81. The number of aryl methyl sites for hydroxylation is 2. The van der Waals surface area contributed by atoms with E-state index in [2.05, 4.69) is 33.2 Å². The highest BCUT2D eigenvalue weighted by molar-refractivity contribution is 5.92. The lowest BCUT2D eigenvalue weighted by Crippen LogP contribution is -2.24. The van der Waals surface area contributed by atoms with Crippen LogP contribution in [0.25, 0.3) is 0 Å². The molecule has 0 aliphatic carbocycles. The first-order chi connectivity index (χ1) is 10.1. The van der Waals surface area contributed by atoms with E-state index in [1.165, 1.54) is 5.56 Å². The van der Waals surface area contributed by atoms with Gasteiger partial charge in [0.2, 0.25) is 5.95 Å². The maximum atomic E-state index is 11.8. The van der Waals surface area contributed by atoms with E-state index in [-0.39, 0.29) is 5.91 Å². The van der Waals surface area contributed by atoms with Crippen LogP contribution < -0.4 is 10.6 Å². The zero-order valence-corrected chi connectivity index (χ0v) is 12.2. The summed E-state index contributed by atoms with van der Waals surface area (Å²) < 4.78 is 0. The molecule has 0 saturated carbocycles. The molecule has 1 aromatic carbocycles. The Hall–Kier alpha value is -2.69. The van der Waals surface area contributed by atoms with E-state index in [4.69, 9.17) is 0 Å². The van der Waals surface area contributed by atoms with Gasteiger partial charge in [0.15, 0.2) is 0 Å². The van der Waals surface area contributed by atoms with Crippen molar-refractivity contribution < 1.29 is 4.79 Å². The number of carbonyl (C=O) groups is 1. The summed E-state index contributed by atoms with van der Waals surface area (Å²) in [6, 6.07) is 7.63. The van der Waals surface area contributed by atoms with Crippen molar-refractivity contribution in [3.8, 4) is 0 Å². The summed E-state index contributed by atoms with van der Waals surface area (Å²) in [4.78, 5) is 20.2. The van der Waals surface area contributed by atoms with Gasteiger partial charge in [-0.3, -0.25) is 4.79 Å². The minimum atomic E-state index is -0.249. The third-order valence-corrected chi connectivity index (χ3v) is 2.92. The lowest BCUT2D eigenvalue weighted by molar-refractivity contribution is 0.0953. The number of hydrogen-bond acceptors (Lipinski definition) is 4. The van der Waals surface area contributed by atoms with Crippen LogP contribution >= 0.6 is 0 Å². The molecule has 0 radical (unpaired) electrons. The minimum absolute atomic E-state index is 0.249. The van der Waals surface area contributed by atoms with Gasteiger partial charge in [0.05, 0.1) is 0 Å². The van der Waals surface area contributed by atoms with Crippen molar-refractivity contribution in [2.75, 3.05) is 11.9 Å². The zero-order chi connectivity index (χ0) is 15.2. The van der Waals surface area contributed by atoms with Gasteiger partial charge in [-0.05, 0) is 31.5 Å². The van der Waals surface area contributed by atoms with Gasteiger partial charge in [0.1, 0.15) is 5.69 Å². The Morgan fingerprint density at radius 1 is 1.33 bits per heavy atom. The van der Waals surface area contributed by atoms with Crippen LogP contribution in [0.1, 0.15) is 21.6 Å². The number of rotatable bonds is 5. The fraction of sp³-hybridized carbons (Fsp3) is 0.188. The van der Waals surface area contributed by atoms with E-state index >= 15 is 0 Å². The summed E-state index contributed by atoms with van der Waals surface area (Å²) in [6.07, 6.45) is 3.18. The highest BCUT2D eigenvalue weighted by atomic mass is 16.1. The molecule has 1 heterocycles. The Morgan fingerprint density at radius 2 is 2.14 bits per heavy atom. The summed E-state index contributed by atoms with van der Waals surface area (Å²) in [7, 11) is 0. The molecule has 21 heavy (non-hydrogen) atoms. The van der Waals surface area contributed by atoms with Crippen LogP contribution in [0, 0.1) is 13.8 Å². The SMILES string of the molecule is C=CCNC(=O)c1ccnc(Nc2ccc(C)cc2C)n1. The van der Waals surface area contributed by atoms with Crippen LogP contribution in [0.2, 0.25) is 0 Å². The summed E-state index contributed by atoms with van der Waals surface area (Å²) >= 11 is 0. The van der Waals surface area contributed by atoms with E-state index in [9.17, 15) is 4.79 Å². The number of carbonyl (C=O) groups excluding carboxylic acids is 1. The molecular formula is C16H18N4O. The lowest BCUT2D eigenvalue weighted by atomic mass is 10.1. The minimum Gasteiger partial charge on any atom is -0.347 e. The normalized spacial score (nSPS) is 10.0. The van der Waals surface area contributed by atoms with Crippen molar-refractivity contribution >= 4 is 17.5 Å². The smallest absolute Gasteiger partial charge is 0.270 e. The number of nitrogens with one attached hydrogen (secondary N) is 2. The predicted octanol–water partition coefficient (Wildman–Crippen LogP) is 2.75. The fourth-order valence-corrected chi connectivity index (χ4v) is 1.88. The predicted molar refractivity (Wildman–Crippen MR) is 83.8 cm³/mol.